The van der Waals surface area contributed by atoms with Crippen molar-refractivity contribution < 1.29 is 0 Å². The average molecular weight is 226 g/mol. The molecular weight excluding hydrogens is 204 g/mol. The molecule has 1 N–H and O–H groups in total. The molecule has 1 aliphatic carbocycles. The molecule has 86 valence electrons. The van der Waals surface area contributed by atoms with Crippen LogP contribution in [0, 0.1) is 11.3 Å². The monoisotopic (exact) mass is 226 g/mol. The van der Waals surface area contributed by atoms with Crippen molar-refractivity contribution >= 4 is 16.9 Å². The first-order chi connectivity index (χ1) is 7.05. The second kappa shape index (κ2) is 4.36. The number of nitrogens with zero attached hydrogens (tertiary/aromatic N) is 1. The lowest BCUT2D eigenvalue weighted by molar-refractivity contribution is 0.162. The molecule has 2 aliphatic rings. The second-order valence-electron chi connectivity index (χ2n) is 5.79. The molecule has 0 aromatic heterocycles. The lowest BCUT2D eigenvalue weighted by Crippen LogP contribution is -2.41. The maximum atomic E-state index is 4.47. The largest absolute Gasteiger partial charge is 0.362 e. The Morgan fingerprint density at radius 3 is 2.80 bits per heavy atom. The highest BCUT2D eigenvalue weighted by atomic mass is 32.2. The van der Waals surface area contributed by atoms with Crippen LogP contribution in [0.25, 0.3) is 0 Å². The summed E-state index contributed by atoms with van der Waals surface area (Å²) >= 11 is 1.88. The van der Waals surface area contributed by atoms with Gasteiger partial charge in [0, 0.05) is 11.8 Å². The summed E-state index contributed by atoms with van der Waals surface area (Å²) < 4.78 is 0. The van der Waals surface area contributed by atoms with Gasteiger partial charge in [-0.05, 0) is 30.6 Å². The summed E-state index contributed by atoms with van der Waals surface area (Å²) in [4.78, 5) is 4.47. The number of thioether (sulfide) groups is 1. The van der Waals surface area contributed by atoms with Gasteiger partial charge in [-0.1, -0.05) is 32.5 Å². The molecule has 0 amide bonds. The third kappa shape index (κ3) is 3.13. The SMILES string of the molecule is C[C@@H]1C[C@@H](NC2=NCCS2)CC(C)(C)C1. The summed E-state index contributed by atoms with van der Waals surface area (Å²) in [6, 6.07) is 0.646. The van der Waals surface area contributed by atoms with E-state index in [0.29, 0.717) is 11.5 Å². The molecule has 2 atom stereocenters. The van der Waals surface area contributed by atoms with Crippen LogP contribution in [-0.2, 0) is 0 Å². The normalized spacial score (nSPS) is 35.0. The summed E-state index contributed by atoms with van der Waals surface area (Å²) in [6.45, 7) is 8.15. The van der Waals surface area contributed by atoms with Crippen LogP contribution in [0.15, 0.2) is 4.99 Å². The number of nitrogens with one attached hydrogen (secondary N) is 1. The highest BCUT2D eigenvalue weighted by molar-refractivity contribution is 8.14. The van der Waals surface area contributed by atoms with E-state index >= 15 is 0 Å². The summed E-state index contributed by atoms with van der Waals surface area (Å²) in [5.41, 5.74) is 0.499. The van der Waals surface area contributed by atoms with Gasteiger partial charge in [-0.25, -0.2) is 0 Å². The molecule has 1 fully saturated rings. The summed E-state index contributed by atoms with van der Waals surface area (Å²) in [5.74, 6) is 2.01. The maximum absolute atomic E-state index is 4.47. The van der Waals surface area contributed by atoms with Crippen molar-refractivity contribution in [1.29, 1.82) is 0 Å². The van der Waals surface area contributed by atoms with E-state index in [0.717, 1.165) is 18.2 Å². The second-order valence-corrected chi connectivity index (χ2v) is 6.87. The van der Waals surface area contributed by atoms with Crippen LogP contribution >= 0.6 is 11.8 Å². The Balaban J connectivity index is 1.91. The third-order valence-corrected chi connectivity index (χ3v) is 4.21. The summed E-state index contributed by atoms with van der Waals surface area (Å²) in [7, 11) is 0. The lowest BCUT2D eigenvalue weighted by Gasteiger charge is -2.39. The van der Waals surface area contributed by atoms with E-state index in [-0.39, 0.29) is 0 Å². The van der Waals surface area contributed by atoms with Crippen LogP contribution in [0.3, 0.4) is 0 Å². The van der Waals surface area contributed by atoms with Crippen LogP contribution in [-0.4, -0.2) is 23.5 Å². The van der Waals surface area contributed by atoms with Crippen molar-refractivity contribution in [2.24, 2.45) is 16.3 Å². The molecular formula is C12H22N2S. The van der Waals surface area contributed by atoms with E-state index in [4.69, 9.17) is 0 Å². The van der Waals surface area contributed by atoms with Gasteiger partial charge in [0.25, 0.3) is 0 Å². The van der Waals surface area contributed by atoms with E-state index in [9.17, 15) is 0 Å². The minimum Gasteiger partial charge on any atom is -0.362 e. The zero-order chi connectivity index (χ0) is 10.9. The van der Waals surface area contributed by atoms with Gasteiger partial charge in [0.05, 0.1) is 6.54 Å². The van der Waals surface area contributed by atoms with E-state index in [1.165, 1.54) is 24.4 Å². The van der Waals surface area contributed by atoms with Crippen molar-refractivity contribution in [3.05, 3.63) is 0 Å². The van der Waals surface area contributed by atoms with Crippen LogP contribution in [0.4, 0.5) is 0 Å². The number of hydrogen-bond acceptors (Lipinski definition) is 3. The van der Waals surface area contributed by atoms with Crippen LogP contribution < -0.4 is 5.32 Å². The topological polar surface area (TPSA) is 24.4 Å². The highest BCUT2D eigenvalue weighted by Gasteiger charge is 2.32. The Labute approximate surface area is 97.3 Å². The molecule has 0 aromatic carbocycles. The number of aliphatic imine (C=N–C) groups is 1. The Morgan fingerprint density at radius 1 is 1.40 bits per heavy atom. The van der Waals surface area contributed by atoms with Crippen molar-refractivity contribution in [1.82, 2.24) is 5.32 Å². The van der Waals surface area contributed by atoms with Gasteiger partial charge in [0.1, 0.15) is 0 Å². The van der Waals surface area contributed by atoms with E-state index in [1.54, 1.807) is 0 Å². The summed E-state index contributed by atoms with van der Waals surface area (Å²) in [5, 5.41) is 4.80. The van der Waals surface area contributed by atoms with Gasteiger partial charge >= 0.3 is 0 Å². The molecule has 2 nitrogen and oxygen atoms in total. The molecule has 0 saturated heterocycles. The Bertz CT molecular complexity index is 260. The van der Waals surface area contributed by atoms with Crippen LogP contribution in [0.1, 0.15) is 40.0 Å². The van der Waals surface area contributed by atoms with Gasteiger partial charge in [0.15, 0.2) is 5.17 Å². The Morgan fingerprint density at radius 2 is 2.20 bits per heavy atom. The predicted octanol–water partition coefficient (Wildman–Crippen LogP) is 2.89. The molecule has 0 spiro atoms. The van der Waals surface area contributed by atoms with Crippen molar-refractivity contribution in [3.8, 4) is 0 Å². The molecule has 3 heteroatoms. The molecule has 1 aliphatic heterocycles. The van der Waals surface area contributed by atoms with Crippen LogP contribution in [0.5, 0.6) is 0 Å². The molecule has 0 bridgehead atoms. The average Bonchev–Trinajstić information content (AvgIpc) is 2.52. The standard InChI is InChI=1S/C12H22N2S/c1-9-6-10(8-12(2,3)7-9)14-11-13-4-5-15-11/h9-10H,4-8H2,1-3H3,(H,13,14)/t9-,10-/m1/s1. The first-order valence-corrected chi connectivity index (χ1v) is 6.97. The fraction of sp³-hybridized carbons (Fsp3) is 0.917. The fourth-order valence-electron chi connectivity index (χ4n) is 3.05. The van der Waals surface area contributed by atoms with Crippen molar-refractivity contribution in [3.63, 3.8) is 0 Å². The van der Waals surface area contributed by atoms with Gasteiger partial charge in [-0.2, -0.15) is 0 Å². The number of rotatable bonds is 1. The molecule has 1 saturated carbocycles. The minimum atomic E-state index is 0.499. The number of amidine groups is 1. The molecule has 2 rings (SSSR count). The van der Waals surface area contributed by atoms with Gasteiger partial charge in [-0.15, -0.1) is 0 Å². The van der Waals surface area contributed by atoms with Gasteiger partial charge in [0.2, 0.25) is 0 Å². The lowest BCUT2D eigenvalue weighted by atomic mass is 9.71. The van der Waals surface area contributed by atoms with Crippen molar-refractivity contribution in [2.75, 3.05) is 12.3 Å². The van der Waals surface area contributed by atoms with Gasteiger partial charge < -0.3 is 5.32 Å². The quantitative estimate of drug-likeness (QED) is 0.743. The molecule has 0 aromatic rings. The predicted molar refractivity (Wildman–Crippen MR) is 68.5 cm³/mol. The van der Waals surface area contributed by atoms with Gasteiger partial charge in [-0.3, -0.25) is 4.99 Å². The Hall–Kier alpha value is -0.180. The smallest absolute Gasteiger partial charge is 0.156 e. The Kier molecular flexibility index (Phi) is 3.29. The maximum Gasteiger partial charge on any atom is 0.156 e. The zero-order valence-corrected chi connectivity index (χ0v) is 10.9. The van der Waals surface area contributed by atoms with E-state index in [2.05, 4.69) is 31.1 Å². The first kappa shape index (κ1) is 11.3. The number of hydrogen-bond donors (Lipinski definition) is 1. The fourth-order valence-corrected chi connectivity index (χ4v) is 3.86. The first-order valence-electron chi connectivity index (χ1n) is 5.99. The van der Waals surface area contributed by atoms with Crippen LogP contribution in [0.2, 0.25) is 0 Å². The van der Waals surface area contributed by atoms with E-state index in [1.807, 2.05) is 11.8 Å². The third-order valence-electron chi connectivity index (χ3n) is 3.30. The summed E-state index contributed by atoms with van der Waals surface area (Å²) in [6.07, 6.45) is 3.96. The van der Waals surface area contributed by atoms with Crippen molar-refractivity contribution in [2.45, 2.75) is 46.1 Å². The van der Waals surface area contributed by atoms with E-state index < -0.39 is 0 Å². The molecule has 15 heavy (non-hydrogen) atoms. The molecule has 1 heterocycles. The molecule has 0 unspecified atom stereocenters. The molecule has 0 radical (unpaired) electrons. The highest BCUT2D eigenvalue weighted by Crippen LogP contribution is 2.38. The zero-order valence-electron chi connectivity index (χ0n) is 10.0. The minimum absolute atomic E-state index is 0.499.